The average molecular weight is 376 g/mol. The fourth-order valence-corrected chi connectivity index (χ4v) is 14.8. The molecule has 2 aromatic carbocycles. The zero-order valence-electron chi connectivity index (χ0n) is 16.0. The van der Waals surface area contributed by atoms with Crippen molar-refractivity contribution in [1.29, 1.82) is 0 Å². The van der Waals surface area contributed by atoms with E-state index in [4.69, 9.17) is 0 Å². The summed E-state index contributed by atoms with van der Waals surface area (Å²) in [6.07, 6.45) is 0. The van der Waals surface area contributed by atoms with Crippen LogP contribution in [0.5, 0.6) is 0 Å². The highest BCUT2D eigenvalue weighted by Gasteiger charge is 2.60. The molecule has 132 valence electrons. The van der Waals surface area contributed by atoms with Gasteiger partial charge in [0.25, 0.3) is 0 Å². The Morgan fingerprint density at radius 3 is 1.00 bits per heavy atom. The summed E-state index contributed by atoms with van der Waals surface area (Å²) in [7, 11) is -0.286. The van der Waals surface area contributed by atoms with E-state index >= 15 is 0 Å². The van der Waals surface area contributed by atoms with E-state index in [9.17, 15) is 0 Å². The number of hydrogen-bond acceptors (Lipinski definition) is 0. The summed E-state index contributed by atoms with van der Waals surface area (Å²) in [5.41, 5.74) is 9.85. The number of fused-ring (bicyclic) bond motifs is 6. The molecule has 2 heteroatoms. The second-order valence-corrected chi connectivity index (χ2v) is 12.9. The molecule has 4 bridgehead atoms. The lowest BCUT2D eigenvalue weighted by atomic mass is 9.92. The van der Waals surface area contributed by atoms with Crippen LogP contribution in [0.15, 0.2) is 83.0 Å². The van der Waals surface area contributed by atoms with E-state index in [1.165, 1.54) is 0 Å². The summed E-state index contributed by atoms with van der Waals surface area (Å²) in [6.45, 7) is 9.78. The number of allylic oxidation sites excluding steroid dienone is 4. The van der Waals surface area contributed by atoms with Gasteiger partial charge in [-0.3, -0.25) is 0 Å². The third-order valence-corrected chi connectivity index (χ3v) is 14.3. The molecule has 1 saturated heterocycles. The first-order valence-electron chi connectivity index (χ1n) is 9.62. The van der Waals surface area contributed by atoms with E-state index in [-0.39, 0.29) is 15.8 Å². The molecule has 0 nitrogen and oxygen atoms in total. The maximum Gasteiger partial charge on any atom is 0.0155 e. The Bertz CT molecular complexity index is 796. The van der Waals surface area contributed by atoms with Gasteiger partial charge in [0.15, 0.2) is 0 Å². The molecule has 0 aliphatic carbocycles. The SMILES string of the molecule is CC1=C(C)[C@H]2[C@H]3C(C)=C(C)[C@@H]([C@@H]1P2c1ccccc1)P3c1ccccc1. The van der Waals surface area contributed by atoms with Gasteiger partial charge in [0.2, 0.25) is 0 Å². The van der Waals surface area contributed by atoms with Crippen molar-refractivity contribution in [2.24, 2.45) is 0 Å². The second kappa shape index (κ2) is 6.15. The molecular formula is C24H26P2. The topological polar surface area (TPSA) is 0 Å². The fraction of sp³-hybridized carbons (Fsp3) is 0.333. The Morgan fingerprint density at radius 1 is 0.462 bits per heavy atom. The molecule has 6 atom stereocenters. The largest absolute Gasteiger partial charge is 0.0650 e. The van der Waals surface area contributed by atoms with Crippen LogP contribution in [-0.2, 0) is 0 Å². The molecule has 0 radical (unpaired) electrons. The Morgan fingerprint density at radius 2 is 0.731 bits per heavy atom. The summed E-state index contributed by atoms with van der Waals surface area (Å²) in [5, 5.41) is 3.24. The molecule has 0 saturated carbocycles. The van der Waals surface area contributed by atoms with E-state index in [1.807, 2.05) is 0 Å². The Hall–Kier alpha value is -1.22. The van der Waals surface area contributed by atoms with E-state index in [1.54, 1.807) is 32.9 Å². The first-order chi connectivity index (χ1) is 12.6. The molecule has 3 aliphatic rings. The summed E-state index contributed by atoms with van der Waals surface area (Å²) < 4.78 is 0. The highest BCUT2D eigenvalue weighted by Crippen LogP contribution is 2.77. The molecule has 0 N–H and O–H groups in total. The summed E-state index contributed by atoms with van der Waals surface area (Å²) >= 11 is 0. The van der Waals surface area contributed by atoms with Gasteiger partial charge in [0, 0.05) is 22.6 Å². The Kier molecular flexibility index (Phi) is 4.00. The predicted molar refractivity (Wildman–Crippen MR) is 118 cm³/mol. The van der Waals surface area contributed by atoms with Crippen molar-refractivity contribution in [3.63, 3.8) is 0 Å². The number of rotatable bonds is 2. The lowest BCUT2D eigenvalue weighted by molar-refractivity contribution is 0.928. The van der Waals surface area contributed by atoms with Crippen LogP contribution in [0.4, 0.5) is 0 Å². The standard InChI is InChI=1S/C24H26P2/c1-15-16(2)22-24-18(4)17(3)23(26(24)20-13-9-6-10-14-20)21(15)25(22)19-11-7-5-8-12-19/h5-14,21-24H,1-4H3/t21-,22+,23+,24-,25?,26?. The number of benzene rings is 2. The van der Waals surface area contributed by atoms with E-state index < -0.39 is 0 Å². The van der Waals surface area contributed by atoms with Crippen molar-refractivity contribution in [3.05, 3.63) is 83.0 Å². The molecule has 0 aromatic heterocycles. The van der Waals surface area contributed by atoms with Gasteiger partial charge >= 0.3 is 0 Å². The maximum atomic E-state index is 2.44. The van der Waals surface area contributed by atoms with Gasteiger partial charge in [0.1, 0.15) is 0 Å². The Balaban J connectivity index is 1.69. The van der Waals surface area contributed by atoms with Gasteiger partial charge < -0.3 is 0 Å². The molecule has 2 aromatic rings. The fourth-order valence-electron chi connectivity index (χ4n) is 5.51. The third-order valence-electron chi connectivity index (χ3n) is 6.92. The van der Waals surface area contributed by atoms with Crippen LogP contribution in [0.3, 0.4) is 0 Å². The first kappa shape index (κ1) is 16.9. The molecule has 3 aliphatic heterocycles. The van der Waals surface area contributed by atoms with Crippen LogP contribution in [-0.4, -0.2) is 22.6 Å². The van der Waals surface area contributed by atoms with E-state index in [0.717, 1.165) is 22.6 Å². The molecule has 26 heavy (non-hydrogen) atoms. The number of hydrogen-bond donors (Lipinski definition) is 0. The first-order valence-corrected chi connectivity index (χ1v) is 12.6. The van der Waals surface area contributed by atoms with Gasteiger partial charge in [0.05, 0.1) is 0 Å². The second-order valence-electron chi connectivity index (χ2n) is 8.00. The predicted octanol–water partition coefficient (Wildman–Crippen LogP) is 5.79. The van der Waals surface area contributed by atoms with Crippen molar-refractivity contribution in [1.82, 2.24) is 0 Å². The van der Waals surface area contributed by atoms with E-state index in [2.05, 4.69) is 88.4 Å². The van der Waals surface area contributed by atoms with Crippen molar-refractivity contribution < 1.29 is 0 Å². The van der Waals surface area contributed by atoms with Crippen molar-refractivity contribution in [2.45, 2.75) is 50.3 Å². The third kappa shape index (κ3) is 2.16. The van der Waals surface area contributed by atoms with Crippen LogP contribution in [0.25, 0.3) is 0 Å². The summed E-state index contributed by atoms with van der Waals surface area (Å²) in [4.78, 5) is 0. The van der Waals surface area contributed by atoms with Crippen LogP contribution in [0.1, 0.15) is 27.7 Å². The Labute approximate surface area is 159 Å². The molecule has 3 heterocycles. The van der Waals surface area contributed by atoms with Crippen LogP contribution >= 0.6 is 15.8 Å². The monoisotopic (exact) mass is 376 g/mol. The van der Waals surface area contributed by atoms with E-state index in [0.29, 0.717) is 0 Å². The molecule has 1 fully saturated rings. The summed E-state index contributed by atoms with van der Waals surface area (Å²) in [5.74, 6) is 0. The molecule has 0 spiro atoms. The van der Waals surface area contributed by atoms with Gasteiger partial charge in [-0.1, -0.05) is 98.8 Å². The zero-order valence-corrected chi connectivity index (χ0v) is 17.8. The smallest absolute Gasteiger partial charge is 0.0155 e. The summed E-state index contributed by atoms with van der Waals surface area (Å²) in [6, 6.07) is 22.9. The molecular weight excluding hydrogens is 350 g/mol. The highest BCUT2D eigenvalue weighted by molar-refractivity contribution is 7.76. The minimum Gasteiger partial charge on any atom is -0.0650 e. The van der Waals surface area contributed by atoms with Crippen LogP contribution in [0, 0.1) is 0 Å². The van der Waals surface area contributed by atoms with Crippen LogP contribution in [0.2, 0.25) is 0 Å². The lowest BCUT2D eigenvalue weighted by Gasteiger charge is -2.45. The van der Waals surface area contributed by atoms with Crippen molar-refractivity contribution >= 4 is 26.5 Å². The molecule has 0 amide bonds. The minimum absolute atomic E-state index is 0.143. The van der Waals surface area contributed by atoms with Crippen molar-refractivity contribution in [3.8, 4) is 0 Å². The maximum absolute atomic E-state index is 2.44. The normalized spacial score (nSPS) is 35.4. The van der Waals surface area contributed by atoms with Gasteiger partial charge in [-0.25, -0.2) is 0 Å². The van der Waals surface area contributed by atoms with Gasteiger partial charge in [-0.15, -0.1) is 0 Å². The van der Waals surface area contributed by atoms with Crippen LogP contribution < -0.4 is 10.6 Å². The average Bonchev–Trinajstić information content (AvgIpc) is 3.01. The quantitative estimate of drug-likeness (QED) is 0.460. The molecule has 2 unspecified atom stereocenters. The zero-order chi connectivity index (χ0) is 18.0. The minimum atomic E-state index is -0.143. The lowest BCUT2D eigenvalue weighted by Crippen LogP contribution is -2.38. The molecule has 5 rings (SSSR count). The van der Waals surface area contributed by atoms with Gasteiger partial charge in [-0.2, -0.15) is 0 Å². The highest BCUT2D eigenvalue weighted by atomic mass is 31.1. The van der Waals surface area contributed by atoms with Crippen molar-refractivity contribution in [2.75, 3.05) is 0 Å². The van der Waals surface area contributed by atoms with Gasteiger partial charge in [-0.05, 0) is 38.3 Å².